The molecule has 2 amide bonds. The lowest BCUT2D eigenvalue weighted by Gasteiger charge is -2.36. The second-order valence-corrected chi connectivity index (χ2v) is 6.88. The van der Waals surface area contributed by atoms with Gasteiger partial charge < -0.3 is 4.90 Å². The number of urea groups is 1. The lowest BCUT2D eigenvalue weighted by atomic mass is 10.1. The number of fused-ring (bicyclic) bond motifs is 1. The fourth-order valence-corrected chi connectivity index (χ4v) is 3.80. The zero-order valence-electron chi connectivity index (χ0n) is 14.6. The van der Waals surface area contributed by atoms with E-state index in [1.54, 1.807) is 0 Å². The molecule has 130 valence electrons. The molecule has 4 rings (SSSR count). The SMILES string of the molecule is O=C(N1CCN(CCc2ccccc2)CC1)N1CCc2ccccc21. The molecule has 0 N–H and O–H groups in total. The monoisotopic (exact) mass is 335 g/mol. The summed E-state index contributed by atoms with van der Waals surface area (Å²) in [6, 6.07) is 19.1. The van der Waals surface area contributed by atoms with Crippen LogP contribution in [-0.2, 0) is 12.8 Å². The highest BCUT2D eigenvalue weighted by molar-refractivity contribution is 5.94. The third-order valence-electron chi connectivity index (χ3n) is 5.32. The van der Waals surface area contributed by atoms with E-state index in [2.05, 4.69) is 53.4 Å². The van der Waals surface area contributed by atoms with E-state index in [9.17, 15) is 4.79 Å². The molecule has 2 aliphatic heterocycles. The summed E-state index contributed by atoms with van der Waals surface area (Å²) in [6.07, 6.45) is 2.05. The molecule has 25 heavy (non-hydrogen) atoms. The first kappa shape index (κ1) is 16.2. The third kappa shape index (κ3) is 3.54. The van der Waals surface area contributed by atoms with E-state index >= 15 is 0 Å². The van der Waals surface area contributed by atoms with Gasteiger partial charge >= 0.3 is 6.03 Å². The van der Waals surface area contributed by atoms with Gasteiger partial charge in [-0.3, -0.25) is 9.80 Å². The Morgan fingerprint density at radius 3 is 2.36 bits per heavy atom. The van der Waals surface area contributed by atoms with Gasteiger partial charge in [-0.2, -0.15) is 0 Å². The van der Waals surface area contributed by atoms with E-state index in [-0.39, 0.29) is 6.03 Å². The van der Waals surface area contributed by atoms with Crippen molar-refractivity contribution in [3.8, 4) is 0 Å². The number of benzene rings is 2. The van der Waals surface area contributed by atoms with Gasteiger partial charge in [0.2, 0.25) is 0 Å². The number of para-hydroxylation sites is 1. The van der Waals surface area contributed by atoms with Crippen LogP contribution in [0.1, 0.15) is 11.1 Å². The second kappa shape index (κ2) is 7.28. The van der Waals surface area contributed by atoms with E-state index in [1.165, 1.54) is 11.1 Å². The van der Waals surface area contributed by atoms with Crippen molar-refractivity contribution in [1.82, 2.24) is 9.80 Å². The average Bonchev–Trinajstić information content (AvgIpc) is 3.11. The molecule has 0 radical (unpaired) electrons. The molecular formula is C21H25N3O. The van der Waals surface area contributed by atoms with Crippen LogP contribution >= 0.6 is 0 Å². The average molecular weight is 335 g/mol. The molecule has 2 aliphatic rings. The van der Waals surface area contributed by atoms with Crippen molar-refractivity contribution in [2.24, 2.45) is 0 Å². The maximum atomic E-state index is 12.9. The predicted molar refractivity (Wildman–Crippen MR) is 101 cm³/mol. The van der Waals surface area contributed by atoms with Crippen LogP contribution < -0.4 is 4.90 Å². The summed E-state index contributed by atoms with van der Waals surface area (Å²) >= 11 is 0. The number of carbonyl (C=O) groups is 1. The fraction of sp³-hybridized carbons (Fsp3) is 0.381. The zero-order valence-corrected chi connectivity index (χ0v) is 14.6. The predicted octanol–water partition coefficient (Wildman–Crippen LogP) is 3.03. The largest absolute Gasteiger partial charge is 0.324 e. The van der Waals surface area contributed by atoms with Crippen LogP contribution in [0.5, 0.6) is 0 Å². The van der Waals surface area contributed by atoms with Crippen LogP contribution in [0.4, 0.5) is 10.5 Å². The normalized spacial score (nSPS) is 17.6. The minimum absolute atomic E-state index is 0.174. The minimum Gasteiger partial charge on any atom is -0.322 e. The molecule has 0 saturated carbocycles. The Morgan fingerprint density at radius 2 is 1.56 bits per heavy atom. The van der Waals surface area contributed by atoms with Crippen LogP contribution in [0.3, 0.4) is 0 Å². The molecule has 0 aliphatic carbocycles. The lowest BCUT2D eigenvalue weighted by molar-refractivity contribution is 0.144. The second-order valence-electron chi connectivity index (χ2n) is 6.88. The van der Waals surface area contributed by atoms with Crippen LogP contribution in [0.2, 0.25) is 0 Å². The van der Waals surface area contributed by atoms with Crippen molar-refractivity contribution in [2.75, 3.05) is 44.2 Å². The first-order chi connectivity index (χ1) is 12.3. The van der Waals surface area contributed by atoms with Crippen LogP contribution in [0, 0.1) is 0 Å². The first-order valence-electron chi connectivity index (χ1n) is 9.22. The van der Waals surface area contributed by atoms with Crippen molar-refractivity contribution in [3.63, 3.8) is 0 Å². The Balaban J connectivity index is 1.29. The molecule has 2 aromatic carbocycles. The number of hydrogen-bond acceptors (Lipinski definition) is 2. The topological polar surface area (TPSA) is 26.8 Å². The number of carbonyl (C=O) groups excluding carboxylic acids is 1. The van der Waals surface area contributed by atoms with E-state index in [1.807, 2.05) is 15.9 Å². The quantitative estimate of drug-likeness (QED) is 0.862. The van der Waals surface area contributed by atoms with Crippen molar-refractivity contribution >= 4 is 11.7 Å². The maximum Gasteiger partial charge on any atom is 0.324 e. The summed E-state index contributed by atoms with van der Waals surface area (Å²) in [5.41, 5.74) is 3.77. The number of amides is 2. The standard InChI is InChI=1S/C21H25N3O/c25-21(24-13-11-19-8-4-5-9-20(19)24)23-16-14-22(15-17-23)12-10-18-6-2-1-3-7-18/h1-9H,10-17H2. The lowest BCUT2D eigenvalue weighted by Crippen LogP contribution is -2.53. The first-order valence-corrected chi connectivity index (χ1v) is 9.22. The summed E-state index contributed by atoms with van der Waals surface area (Å²) in [6.45, 7) is 5.46. The van der Waals surface area contributed by atoms with Crippen molar-refractivity contribution in [1.29, 1.82) is 0 Å². The highest BCUT2D eigenvalue weighted by Crippen LogP contribution is 2.28. The van der Waals surface area contributed by atoms with Gasteiger partial charge in [-0.05, 0) is 30.0 Å². The van der Waals surface area contributed by atoms with Crippen molar-refractivity contribution in [3.05, 3.63) is 65.7 Å². The van der Waals surface area contributed by atoms with Crippen LogP contribution in [-0.4, -0.2) is 55.1 Å². The Bertz CT molecular complexity index is 723. The smallest absolute Gasteiger partial charge is 0.322 e. The molecule has 1 fully saturated rings. The molecule has 0 unspecified atom stereocenters. The molecule has 0 aromatic heterocycles. The van der Waals surface area contributed by atoms with Gasteiger partial charge in [-0.25, -0.2) is 4.79 Å². The molecule has 0 bridgehead atoms. The molecular weight excluding hydrogens is 310 g/mol. The summed E-state index contributed by atoms with van der Waals surface area (Å²) in [5, 5.41) is 0. The number of hydrogen-bond donors (Lipinski definition) is 0. The van der Waals surface area contributed by atoms with E-state index < -0.39 is 0 Å². The van der Waals surface area contributed by atoms with Gasteiger partial charge in [0.15, 0.2) is 0 Å². The number of rotatable bonds is 3. The number of nitrogens with zero attached hydrogens (tertiary/aromatic N) is 3. The Labute approximate surface area is 149 Å². The molecule has 4 heteroatoms. The highest BCUT2D eigenvalue weighted by Gasteiger charge is 2.29. The molecule has 4 nitrogen and oxygen atoms in total. The fourth-order valence-electron chi connectivity index (χ4n) is 3.80. The zero-order chi connectivity index (χ0) is 17.1. The number of anilines is 1. The summed E-state index contributed by atoms with van der Waals surface area (Å²) in [7, 11) is 0. The third-order valence-corrected chi connectivity index (χ3v) is 5.32. The summed E-state index contributed by atoms with van der Waals surface area (Å²) in [5.74, 6) is 0. The van der Waals surface area contributed by atoms with Gasteiger partial charge in [-0.1, -0.05) is 48.5 Å². The Hall–Kier alpha value is -2.33. The maximum absolute atomic E-state index is 12.9. The van der Waals surface area contributed by atoms with Crippen LogP contribution in [0.15, 0.2) is 54.6 Å². The Morgan fingerprint density at radius 1 is 0.840 bits per heavy atom. The van der Waals surface area contributed by atoms with E-state index in [0.29, 0.717) is 0 Å². The minimum atomic E-state index is 0.174. The number of piperazine rings is 1. The molecule has 2 heterocycles. The van der Waals surface area contributed by atoms with Crippen LogP contribution in [0.25, 0.3) is 0 Å². The van der Waals surface area contributed by atoms with Gasteiger partial charge in [0, 0.05) is 45.0 Å². The van der Waals surface area contributed by atoms with Gasteiger partial charge in [0.05, 0.1) is 0 Å². The van der Waals surface area contributed by atoms with Crippen molar-refractivity contribution < 1.29 is 4.79 Å². The molecule has 0 atom stereocenters. The van der Waals surface area contributed by atoms with E-state index in [0.717, 1.165) is 57.8 Å². The Kier molecular flexibility index (Phi) is 4.70. The molecule has 2 aromatic rings. The summed E-state index contributed by atoms with van der Waals surface area (Å²) in [4.78, 5) is 19.3. The van der Waals surface area contributed by atoms with Gasteiger partial charge in [0.25, 0.3) is 0 Å². The highest BCUT2D eigenvalue weighted by atomic mass is 16.2. The molecule has 1 saturated heterocycles. The van der Waals surface area contributed by atoms with Gasteiger partial charge in [0.1, 0.15) is 0 Å². The van der Waals surface area contributed by atoms with Gasteiger partial charge in [-0.15, -0.1) is 0 Å². The molecule has 0 spiro atoms. The summed E-state index contributed by atoms with van der Waals surface area (Å²) < 4.78 is 0. The van der Waals surface area contributed by atoms with Crippen molar-refractivity contribution in [2.45, 2.75) is 12.8 Å². The van der Waals surface area contributed by atoms with E-state index in [4.69, 9.17) is 0 Å².